The molecule has 8 nitrogen and oxygen atoms in total. The molecule has 0 bridgehead atoms. The van der Waals surface area contributed by atoms with Crippen LogP contribution in [0.3, 0.4) is 0 Å². The smallest absolute Gasteiger partial charge is 0.328 e. The lowest BCUT2D eigenvalue weighted by molar-refractivity contribution is 0.181. The van der Waals surface area contributed by atoms with Gasteiger partial charge in [0.1, 0.15) is 4.90 Å². The van der Waals surface area contributed by atoms with Crippen LogP contribution in [0, 0.1) is 6.92 Å². The van der Waals surface area contributed by atoms with E-state index in [1.54, 1.807) is 32.0 Å². The molecule has 0 spiro atoms. The van der Waals surface area contributed by atoms with Gasteiger partial charge in [-0.15, -0.1) is 0 Å². The molecule has 9 heteroatoms. The number of aryl methyl sites for hydroxylation is 1. The topological polar surface area (TPSA) is 113 Å². The molecule has 0 saturated heterocycles. The number of urea groups is 1. The third-order valence-corrected chi connectivity index (χ3v) is 4.42. The van der Waals surface area contributed by atoms with Gasteiger partial charge in [0.25, 0.3) is 10.0 Å². The van der Waals surface area contributed by atoms with Crippen LogP contribution in [0.1, 0.15) is 19.4 Å². The summed E-state index contributed by atoms with van der Waals surface area (Å²) < 4.78 is 27.5. The predicted octanol–water partition coefficient (Wildman–Crippen LogP) is 1.66. The Morgan fingerprint density at radius 3 is 2.64 bits per heavy atom. The fourth-order valence-electron chi connectivity index (χ4n) is 2.06. The molecule has 0 aliphatic rings. The van der Waals surface area contributed by atoms with Crippen LogP contribution in [0.5, 0.6) is 0 Å². The van der Waals surface area contributed by atoms with Crippen LogP contribution in [0.4, 0.5) is 10.5 Å². The average Bonchev–Trinajstić information content (AvgIpc) is 2.47. The fraction of sp³-hybridized carbons (Fsp3) is 0.250. The number of nitrogens with one attached hydrogen (secondary N) is 2. The van der Waals surface area contributed by atoms with E-state index in [1.807, 2.05) is 17.7 Å². The van der Waals surface area contributed by atoms with Crippen molar-refractivity contribution in [2.75, 3.05) is 0 Å². The number of nitrogens with zero attached hydrogens (tertiary/aromatic N) is 2. The number of hydrogen-bond donors (Lipinski definition) is 3. The first kappa shape index (κ1) is 18.5. The van der Waals surface area contributed by atoms with Gasteiger partial charge in [-0.2, -0.15) is 0 Å². The van der Waals surface area contributed by atoms with E-state index in [-0.39, 0.29) is 16.3 Å². The SMILES string of the molecule is Cc1cccc(N=c2ccn(O)cc2S(=O)(=O)NC(=O)NC(C)C)c1. The Labute approximate surface area is 145 Å². The van der Waals surface area contributed by atoms with E-state index in [4.69, 9.17) is 0 Å². The number of carbonyl (C=O) groups is 1. The molecule has 2 aromatic rings. The zero-order valence-corrected chi connectivity index (χ0v) is 14.9. The summed E-state index contributed by atoms with van der Waals surface area (Å²) in [6.45, 7) is 5.30. The molecular formula is C16H20N4O4S. The van der Waals surface area contributed by atoms with Crippen molar-refractivity contribution < 1.29 is 18.4 Å². The van der Waals surface area contributed by atoms with Crippen LogP contribution in [-0.4, -0.2) is 30.4 Å². The number of hydrogen-bond acceptors (Lipinski definition) is 5. The quantitative estimate of drug-likeness (QED) is 0.716. The van der Waals surface area contributed by atoms with Gasteiger partial charge in [-0.25, -0.2) is 27.7 Å². The lowest BCUT2D eigenvalue weighted by Gasteiger charge is -2.11. The minimum atomic E-state index is -4.23. The summed E-state index contributed by atoms with van der Waals surface area (Å²) in [5.41, 5.74) is 1.52. The molecular weight excluding hydrogens is 344 g/mol. The van der Waals surface area contributed by atoms with Gasteiger partial charge in [0, 0.05) is 12.2 Å². The van der Waals surface area contributed by atoms with Gasteiger partial charge in [0.2, 0.25) is 0 Å². The molecule has 2 amide bonds. The summed E-state index contributed by atoms with van der Waals surface area (Å²) in [5, 5.41) is 12.1. The third-order valence-electron chi connectivity index (χ3n) is 3.07. The summed E-state index contributed by atoms with van der Waals surface area (Å²) in [4.78, 5) is 15.7. The highest BCUT2D eigenvalue weighted by Gasteiger charge is 2.21. The Morgan fingerprint density at radius 1 is 1.28 bits per heavy atom. The predicted molar refractivity (Wildman–Crippen MR) is 92.0 cm³/mol. The number of benzene rings is 1. The van der Waals surface area contributed by atoms with Crippen LogP contribution in [0.25, 0.3) is 0 Å². The van der Waals surface area contributed by atoms with Crippen molar-refractivity contribution in [3.05, 3.63) is 53.6 Å². The molecule has 1 aromatic heterocycles. The minimum Gasteiger partial charge on any atom is -0.429 e. The molecule has 0 atom stereocenters. The lowest BCUT2D eigenvalue weighted by atomic mass is 10.2. The van der Waals surface area contributed by atoms with E-state index in [2.05, 4.69) is 10.3 Å². The van der Waals surface area contributed by atoms with Gasteiger partial charge in [0.15, 0.2) is 0 Å². The highest BCUT2D eigenvalue weighted by molar-refractivity contribution is 7.90. The molecule has 1 aromatic carbocycles. The first-order valence-corrected chi connectivity index (χ1v) is 9.02. The molecule has 0 saturated carbocycles. The molecule has 25 heavy (non-hydrogen) atoms. The van der Waals surface area contributed by atoms with Gasteiger partial charge < -0.3 is 10.5 Å². The Kier molecular flexibility index (Phi) is 5.48. The van der Waals surface area contributed by atoms with Crippen molar-refractivity contribution in [3.63, 3.8) is 0 Å². The molecule has 134 valence electrons. The second-order valence-corrected chi connectivity index (χ2v) is 7.41. The van der Waals surface area contributed by atoms with E-state index >= 15 is 0 Å². The van der Waals surface area contributed by atoms with Crippen molar-refractivity contribution >= 4 is 21.7 Å². The van der Waals surface area contributed by atoms with Crippen molar-refractivity contribution in [2.24, 2.45) is 4.99 Å². The molecule has 1 heterocycles. The summed E-state index contributed by atoms with van der Waals surface area (Å²) in [7, 11) is -4.23. The van der Waals surface area contributed by atoms with Crippen molar-refractivity contribution in [1.29, 1.82) is 0 Å². The minimum absolute atomic E-state index is 0.0979. The average molecular weight is 364 g/mol. The van der Waals surface area contributed by atoms with Crippen molar-refractivity contribution in [1.82, 2.24) is 14.8 Å². The van der Waals surface area contributed by atoms with Crippen LogP contribution in [0.2, 0.25) is 0 Å². The third kappa shape index (κ3) is 5.08. The van der Waals surface area contributed by atoms with Gasteiger partial charge in [-0.3, -0.25) is 0 Å². The maximum absolute atomic E-state index is 12.5. The molecule has 0 aliphatic heterocycles. The van der Waals surface area contributed by atoms with E-state index in [1.165, 1.54) is 12.3 Å². The maximum Gasteiger partial charge on any atom is 0.328 e. The normalized spacial score (nSPS) is 12.2. The number of rotatable bonds is 4. The van der Waals surface area contributed by atoms with Gasteiger partial charge in [-0.1, -0.05) is 12.1 Å². The molecule has 2 rings (SSSR count). The summed E-state index contributed by atoms with van der Waals surface area (Å²) in [6, 6.07) is 7.46. The Morgan fingerprint density at radius 2 is 2.00 bits per heavy atom. The number of amides is 2. The van der Waals surface area contributed by atoms with Crippen molar-refractivity contribution in [3.8, 4) is 0 Å². The number of pyridine rings is 1. The summed E-state index contributed by atoms with van der Waals surface area (Å²) in [5.74, 6) is 0. The highest BCUT2D eigenvalue weighted by atomic mass is 32.2. The molecule has 0 aliphatic carbocycles. The first-order chi connectivity index (χ1) is 11.7. The summed E-state index contributed by atoms with van der Waals surface area (Å²) >= 11 is 0. The fourth-order valence-corrected chi connectivity index (χ4v) is 3.11. The second kappa shape index (κ2) is 7.39. The monoisotopic (exact) mass is 364 g/mol. The van der Waals surface area contributed by atoms with Crippen LogP contribution in [-0.2, 0) is 10.0 Å². The van der Waals surface area contributed by atoms with E-state index in [0.29, 0.717) is 10.4 Å². The van der Waals surface area contributed by atoms with Crippen molar-refractivity contribution in [2.45, 2.75) is 31.7 Å². The van der Waals surface area contributed by atoms with E-state index < -0.39 is 16.1 Å². The van der Waals surface area contributed by atoms with Crippen LogP contribution >= 0.6 is 0 Å². The Balaban J connectivity index is 2.50. The Hall–Kier alpha value is -2.81. The van der Waals surface area contributed by atoms with Crippen LogP contribution < -0.4 is 15.4 Å². The Bertz CT molecular complexity index is 949. The van der Waals surface area contributed by atoms with Gasteiger partial charge >= 0.3 is 6.03 Å². The van der Waals surface area contributed by atoms with Gasteiger partial charge in [0.05, 0.1) is 17.2 Å². The standard InChI is InChI=1S/C16H20N4O4S/c1-11(2)17-16(21)19-25(23,24)15-10-20(22)8-7-14(15)18-13-6-4-5-12(3)9-13/h4-11,22H,1-3H3,(H2,17,19,21). The second-order valence-electron chi connectivity index (χ2n) is 5.76. The zero-order chi connectivity index (χ0) is 18.6. The zero-order valence-electron chi connectivity index (χ0n) is 14.1. The first-order valence-electron chi connectivity index (χ1n) is 7.53. The van der Waals surface area contributed by atoms with Crippen LogP contribution in [0.15, 0.2) is 52.6 Å². The maximum atomic E-state index is 12.5. The highest BCUT2D eigenvalue weighted by Crippen LogP contribution is 2.13. The van der Waals surface area contributed by atoms with Gasteiger partial charge in [-0.05, 0) is 44.5 Å². The van der Waals surface area contributed by atoms with E-state index in [9.17, 15) is 18.4 Å². The molecule has 0 unspecified atom stereocenters. The number of aromatic nitrogens is 1. The molecule has 0 fully saturated rings. The number of carbonyl (C=O) groups excluding carboxylic acids is 1. The summed E-state index contributed by atoms with van der Waals surface area (Å²) in [6.07, 6.45) is 2.22. The number of sulfonamides is 1. The largest absolute Gasteiger partial charge is 0.429 e. The lowest BCUT2D eigenvalue weighted by Crippen LogP contribution is -2.43. The molecule has 3 N–H and O–H groups in total. The molecule has 0 radical (unpaired) electrons. The van der Waals surface area contributed by atoms with E-state index in [0.717, 1.165) is 11.8 Å².